The Morgan fingerprint density at radius 3 is 2.56 bits per heavy atom. The molecule has 2 N–H and O–H groups in total. The summed E-state index contributed by atoms with van der Waals surface area (Å²) >= 11 is 0. The molecule has 3 aromatic carbocycles. The Morgan fingerprint density at radius 1 is 1.11 bits per heavy atom. The molecule has 182 valence electrons. The maximum atomic E-state index is 14.1. The number of nitrogens with one attached hydrogen (secondary N) is 2. The van der Waals surface area contributed by atoms with Crippen LogP contribution in [0.2, 0.25) is 0 Å². The zero-order valence-electron chi connectivity index (χ0n) is 20.6. The van der Waals surface area contributed by atoms with Crippen LogP contribution < -0.4 is 20.4 Å². The van der Waals surface area contributed by atoms with Crippen molar-refractivity contribution < 1.29 is 14.4 Å². The number of carbonyl (C=O) groups excluding carboxylic acids is 3. The summed E-state index contributed by atoms with van der Waals surface area (Å²) in [5.74, 6) is -0.921. The van der Waals surface area contributed by atoms with Crippen molar-refractivity contribution in [2.24, 2.45) is 0 Å². The summed E-state index contributed by atoms with van der Waals surface area (Å²) in [4.78, 5) is 43.1. The quantitative estimate of drug-likeness (QED) is 0.598. The Hall–Kier alpha value is -4.22. The van der Waals surface area contributed by atoms with E-state index in [9.17, 15) is 19.6 Å². The van der Waals surface area contributed by atoms with Crippen LogP contribution in [-0.2, 0) is 20.9 Å². The van der Waals surface area contributed by atoms with Gasteiger partial charge in [0.1, 0.15) is 6.04 Å². The Kier molecular flexibility index (Phi) is 5.73. The van der Waals surface area contributed by atoms with Gasteiger partial charge in [0.25, 0.3) is 5.91 Å². The molecule has 8 nitrogen and oxygen atoms in total. The minimum atomic E-state index is -0.977. The van der Waals surface area contributed by atoms with Gasteiger partial charge >= 0.3 is 0 Å². The molecule has 3 atom stereocenters. The number of nitrogens with zero attached hydrogens (tertiary/aromatic N) is 3. The molecule has 0 saturated heterocycles. The van der Waals surface area contributed by atoms with Gasteiger partial charge in [0.2, 0.25) is 11.8 Å². The summed E-state index contributed by atoms with van der Waals surface area (Å²) in [5.41, 5.74) is 3.97. The van der Waals surface area contributed by atoms with Crippen LogP contribution >= 0.6 is 0 Å². The predicted molar refractivity (Wildman–Crippen MR) is 138 cm³/mol. The van der Waals surface area contributed by atoms with E-state index in [2.05, 4.69) is 16.7 Å². The third kappa shape index (κ3) is 3.51. The first-order chi connectivity index (χ1) is 17.3. The molecule has 8 heteroatoms. The number of likely N-dealkylation sites (N-methyl/N-ethyl adjacent to an activating group) is 1. The Bertz CT molecular complexity index is 1470. The smallest absolute Gasteiger partial charge is 0.252 e. The van der Waals surface area contributed by atoms with Crippen molar-refractivity contribution in [1.82, 2.24) is 10.6 Å². The van der Waals surface area contributed by atoms with Gasteiger partial charge in [-0.3, -0.25) is 14.4 Å². The topological polar surface area (TPSA) is 106 Å². The average Bonchev–Trinajstić information content (AvgIpc) is 3.07. The second-order valence-electron chi connectivity index (χ2n) is 9.36. The minimum Gasteiger partial charge on any atom is -0.341 e. The molecule has 0 spiro atoms. The number of rotatable bonds is 3. The summed E-state index contributed by atoms with van der Waals surface area (Å²) in [6.45, 7) is 5.12. The molecule has 0 radical (unpaired) electrons. The van der Waals surface area contributed by atoms with Gasteiger partial charge in [-0.15, -0.1) is 0 Å². The fourth-order valence-corrected chi connectivity index (χ4v) is 5.29. The van der Waals surface area contributed by atoms with Crippen molar-refractivity contribution in [3.63, 3.8) is 0 Å². The predicted octanol–water partition coefficient (Wildman–Crippen LogP) is 3.07. The Morgan fingerprint density at radius 2 is 1.86 bits per heavy atom. The first kappa shape index (κ1) is 23.5. The first-order valence-electron chi connectivity index (χ1n) is 11.9. The second-order valence-corrected chi connectivity index (χ2v) is 9.36. The highest BCUT2D eigenvalue weighted by Gasteiger charge is 2.43. The zero-order chi connectivity index (χ0) is 25.7. The van der Waals surface area contributed by atoms with Crippen molar-refractivity contribution in [1.29, 1.82) is 5.26 Å². The maximum absolute atomic E-state index is 14.1. The van der Waals surface area contributed by atoms with E-state index < -0.39 is 18.1 Å². The van der Waals surface area contributed by atoms with Crippen molar-refractivity contribution in [2.45, 2.75) is 45.4 Å². The highest BCUT2D eigenvalue weighted by atomic mass is 16.2. The molecule has 2 bridgehead atoms. The fourth-order valence-electron chi connectivity index (χ4n) is 5.29. The van der Waals surface area contributed by atoms with Crippen LogP contribution in [0.4, 0.5) is 11.4 Å². The molecular formula is C28H27N5O3. The van der Waals surface area contributed by atoms with Crippen LogP contribution in [0, 0.1) is 11.3 Å². The van der Waals surface area contributed by atoms with Gasteiger partial charge in [0.05, 0.1) is 41.6 Å². The van der Waals surface area contributed by atoms with Crippen molar-refractivity contribution >= 4 is 39.9 Å². The lowest BCUT2D eigenvalue weighted by molar-refractivity contribution is -0.129. The summed E-state index contributed by atoms with van der Waals surface area (Å²) in [6, 6.07) is 15.6. The lowest BCUT2D eigenvalue weighted by Crippen LogP contribution is -2.59. The van der Waals surface area contributed by atoms with Crippen LogP contribution in [0.25, 0.3) is 21.9 Å². The van der Waals surface area contributed by atoms with Crippen molar-refractivity contribution in [3.05, 3.63) is 59.7 Å². The third-order valence-electron chi connectivity index (χ3n) is 7.32. The molecule has 3 amide bonds. The van der Waals surface area contributed by atoms with E-state index in [1.165, 1.54) is 11.8 Å². The number of hydrogen-bond donors (Lipinski definition) is 2. The number of carbonyl (C=O) groups is 3. The van der Waals surface area contributed by atoms with Crippen LogP contribution in [-0.4, -0.2) is 42.9 Å². The third-order valence-corrected chi connectivity index (χ3v) is 7.32. The molecule has 3 aromatic rings. The second kappa shape index (κ2) is 8.77. The summed E-state index contributed by atoms with van der Waals surface area (Å²) in [5, 5.41) is 17.8. The van der Waals surface area contributed by atoms with E-state index in [4.69, 9.17) is 0 Å². The number of anilines is 2. The highest BCUT2D eigenvalue weighted by Crippen LogP contribution is 2.46. The zero-order valence-corrected chi connectivity index (χ0v) is 20.6. The summed E-state index contributed by atoms with van der Waals surface area (Å²) < 4.78 is 0. The molecule has 0 aromatic heterocycles. The molecule has 36 heavy (non-hydrogen) atoms. The highest BCUT2D eigenvalue weighted by molar-refractivity contribution is 6.11. The largest absolute Gasteiger partial charge is 0.341 e. The number of nitriles is 1. The molecule has 0 saturated carbocycles. The Balaban J connectivity index is 1.77. The molecule has 0 fully saturated rings. The molecule has 1 unspecified atom stereocenters. The van der Waals surface area contributed by atoms with E-state index in [0.29, 0.717) is 16.9 Å². The van der Waals surface area contributed by atoms with Gasteiger partial charge in [-0.05, 0) is 54.9 Å². The van der Waals surface area contributed by atoms with Gasteiger partial charge in [-0.25, -0.2) is 0 Å². The van der Waals surface area contributed by atoms with Crippen LogP contribution in [0.3, 0.4) is 0 Å². The molecule has 2 heterocycles. The van der Waals surface area contributed by atoms with E-state index in [-0.39, 0.29) is 24.3 Å². The van der Waals surface area contributed by atoms with Gasteiger partial charge in [-0.2, -0.15) is 5.26 Å². The van der Waals surface area contributed by atoms with E-state index in [0.717, 1.165) is 27.5 Å². The fraction of sp³-hybridized carbons (Fsp3) is 0.286. The number of fused-ring (bicyclic) bond motifs is 5. The number of amides is 3. The summed E-state index contributed by atoms with van der Waals surface area (Å²) in [6.07, 6.45) is 0. The lowest BCUT2D eigenvalue weighted by atomic mass is 9.92. The maximum Gasteiger partial charge on any atom is 0.252 e. The van der Waals surface area contributed by atoms with Gasteiger partial charge in [0.15, 0.2) is 0 Å². The van der Waals surface area contributed by atoms with E-state index in [1.54, 1.807) is 31.9 Å². The molecular weight excluding hydrogens is 454 g/mol. The standard InChI is InChI=1S/C28H27N5O3/c1-15(30-4)27(35)31-26-16(2)33(17(3)34)25-11-19(13-29)22-12-24(25)32(28(26)36)14-23-20-8-6-5-7-18(20)9-10-21(22)23/h5-12,15-16,26,30H,14H2,1-4H3,(H,31,35)/t15-,16+,26?/m1/s1. The normalized spacial score (nSPS) is 19.1. The van der Waals surface area contributed by atoms with Gasteiger partial charge < -0.3 is 20.4 Å². The Labute approximate surface area is 209 Å². The lowest BCUT2D eigenvalue weighted by Gasteiger charge is -2.32. The SMILES string of the molecule is CN[C@H](C)C(=O)NC1C(=O)N2Cc3c(ccc4ccccc34)-c3cc2c(cc3C#N)N(C(C)=O)[C@H]1C. The van der Waals surface area contributed by atoms with E-state index >= 15 is 0 Å². The van der Waals surface area contributed by atoms with Crippen LogP contribution in [0.15, 0.2) is 48.5 Å². The summed E-state index contributed by atoms with van der Waals surface area (Å²) in [7, 11) is 1.67. The van der Waals surface area contributed by atoms with Gasteiger partial charge in [-0.1, -0.05) is 36.4 Å². The van der Waals surface area contributed by atoms with Crippen molar-refractivity contribution in [2.75, 3.05) is 16.8 Å². The number of hydrogen-bond acceptors (Lipinski definition) is 5. The minimum absolute atomic E-state index is 0.243. The molecule has 0 aliphatic carbocycles. The van der Waals surface area contributed by atoms with Crippen LogP contribution in [0.5, 0.6) is 0 Å². The number of benzene rings is 3. The van der Waals surface area contributed by atoms with Crippen LogP contribution in [0.1, 0.15) is 31.9 Å². The van der Waals surface area contributed by atoms with Gasteiger partial charge in [0, 0.05) is 12.5 Å². The first-order valence-corrected chi connectivity index (χ1v) is 11.9. The molecule has 2 aliphatic rings. The average molecular weight is 482 g/mol. The molecule has 5 rings (SSSR count). The van der Waals surface area contributed by atoms with Crippen molar-refractivity contribution in [3.8, 4) is 17.2 Å². The molecule has 2 aliphatic heterocycles. The monoisotopic (exact) mass is 481 g/mol. The van der Waals surface area contributed by atoms with E-state index in [1.807, 2.05) is 42.5 Å².